The van der Waals surface area contributed by atoms with Gasteiger partial charge in [0.15, 0.2) is 0 Å². The van der Waals surface area contributed by atoms with Crippen LogP contribution in [0, 0.1) is 0 Å². The van der Waals surface area contributed by atoms with Gasteiger partial charge in [0.1, 0.15) is 0 Å². The number of nitrogens with zero attached hydrogens (tertiary/aromatic N) is 1. The average molecular weight is 896 g/mol. The maximum absolute atomic E-state index is 2.40. The fraction of sp³-hybridized carbons (Fsp3) is 0.0149. The molecule has 0 spiro atoms. The smallest absolute Gasteiger partial charge is 0.0713 e. The largest absolute Gasteiger partial charge is 0.310 e. The first-order valence-electron chi connectivity index (χ1n) is 23.7. The molecule has 1 aliphatic carbocycles. The van der Waals surface area contributed by atoms with Crippen molar-refractivity contribution in [3.8, 4) is 55.6 Å². The van der Waals surface area contributed by atoms with Crippen molar-refractivity contribution in [2.75, 3.05) is 4.90 Å². The molecule has 2 heteroatoms. The van der Waals surface area contributed by atoms with Crippen molar-refractivity contribution in [2.45, 2.75) is 5.41 Å². The van der Waals surface area contributed by atoms with Crippen molar-refractivity contribution in [2.24, 2.45) is 0 Å². The second-order valence-electron chi connectivity index (χ2n) is 18.0. The van der Waals surface area contributed by atoms with E-state index in [4.69, 9.17) is 0 Å². The standard InChI is InChI=1S/C67H45NS/c1-3-17-46(18-4-1)47-33-38-54(39-34-47)68(56-24-16-21-50(44-56)48-19-15-20-49(43-48)51-35-42-66-62(45-51)61-29-11-14-32-65(61)69-66)55-40-36-53(37-41-55)67(52-22-5-2-6-23-52)63-30-12-9-27-59(63)57-25-7-8-26-58(57)60-28-10-13-31-64(60)67/h1-45H. The van der Waals surface area contributed by atoms with Gasteiger partial charge in [0.05, 0.1) is 5.41 Å². The van der Waals surface area contributed by atoms with Crippen LogP contribution < -0.4 is 4.90 Å². The Bertz CT molecular complexity index is 3760. The van der Waals surface area contributed by atoms with Gasteiger partial charge in [0, 0.05) is 37.2 Å². The number of rotatable bonds is 8. The molecule has 0 amide bonds. The van der Waals surface area contributed by atoms with Gasteiger partial charge in [-0.15, -0.1) is 11.3 Å². The molecular formula is C67H45NS. The summed E-state index contributed by atoms with van der Waals surface area (Å²) in [4.78, 5) is 2.40. The van der Waals surface area contributed by atoms with Crippen molar-refractivity contribution < 1.29 is 0 Å². The van der Waals surface area contributed by atoms with Gasteiger partial charge >= 0.3 is 0 Å². The third-order valence-corrected chi connectivity index (χ3v) is 15.3. The quantitative estimate of drug-likeness (QED) is 0.147. The average Bonchev–Trinajstić information content (AvgIpc) is 3.76. The lowest BCUT2D eigenvalue weighted by molar-refractivity contribution is 0.751. The van der Waals surface area contributed by atoms with E-state index in [0.717, 1.165) is 22.6 Å². The molecule has 1 nitrogen and oxygen atoms in total. The summed E-state index contributed by atoms with van der Waals surface area (Å²) >= 11 is 1.86. The van der Waals surface area contributed by atoms with Gasteiger partial charge in [-0.3, -0.25) is 0 Å². The second-order valence-corrected chi connectivity index (χ2v) is 19.1. The summed E-state index contributed by atoms with van der Waals surface area (Å²) in [7, 11) is 0. The predicted octanol–water partition coefficient (Wildman–Crippen LogP) is 18.6. The zero-order chi connectivity index (χ0) is 45.7. The summed E-state index contributed by atoms with van der Waals surface area (Å²) in [6.07, 6.45) is 0. The molecule has 1 heterocycles. The van der Waals surface area contributed by atoms with Crippen molar-refractivity contribution in [3.05, 3.63) is 295 Å². The summed E-state index contributed by atoms with van der Waals surface area (Å²) in [5.74, 6) is 0. The topological polar surface area (TPSA) is 3.24 Å². The molecule has 1 aromatic heterocycles. The van der Waals surface area contributed by atoms with E-state index in [-0.39, 0.29) is 0 Å². The summed E-state index contributed by atoms with van der Waals surface area (Å²) in [5, 5.41) is 2.63. The van der Waals surface area contributed by atoms with Crippen molar-refractivity contribution in [1.29, 1.82) is 0 Å². The minimum atomic E-state index is -0.611. The molecule has 0 saturated heterocycles. The molecule has 0 aliphatic heterocycles. The van der Waals surface area contributed by atoms with E-state index >= 15 is 0 Å². The molecule has 0 fully saturated rings. The maximum atomic E-state index is 2.40. The van der Waals surface area contributed by atoms with E-state index in [1.807, 2.05) is 11.3 Å². The molecule has 12 aromatic rings. The molecule has 0 radical (unpaired) electrons. The van der Waals surface area contributed by atoms with Crippen LogP contribution >= 0.6 is 11.3 Å². The number of thiophene rings is 1. The molecule has 0 saturated carbocycles. The molecule has 0 unspecified atom stereocenters. The SMILES string of the molecule is c1ccc(-c2ccc(N(c3ccc(C4(c5ccccc5)c5ccccc5-c5ccccc5-c5ccccc54)cc3)c3cccc(-c4cccc(-c5ccc6sc7ccccc7c6c5)c4)c3)cc2)cc1. The third-order valence-electron chi connectivity index (χ3n) is 14.2. The van der Waals surface area contributed by atoms with Gasteiger partial charge in [-0.05, 0) is 139 Å². The van der Waals surface area contributed by atoms with Crippen LogP contribution in [0.1, 0.15) is 22.3 Å². The molecule has 0 N–H and O–H groups in total. The van der Waals surface area contributed by atoms with Gasteiger partial charge in [0.2, 0.25) is 0 Å². The van der Waals surface area contributed by atoms with Crippen molar-refractivity contribution in [3.63, 3.8) is 0 Å². The predicted molar refractivity (Wildman–Crippen MR) is 293 cm³/mol. The minimum Gasteiger partial charge on any atom is -0.310 e. The summed E-state index contributed by atoms with van der Waals surface area (Å²) in [6.45, 7) is 0. The first-order chi connectivity index (χ1) is 34.2. The highest BCUT2D eigenvalue weighted by molar-refractivity contribution is 7.25. The lowest BCUT2D eigenvalue weighted by Crippen LogP contribution is -2.31. The molecular weight excluding hydrogens is 851 g/mol. The van der Waals surface area contributed by atoms with Crippen LogP contribution in [-0.2, 0) is 5.41 Å². The van der Waals surface area contributed by atoms with Crippen molar-refractivity contribution >= 4 is 48.6 Å². The summed E-state index contributed by atoms with van der Waals surface area (Å²) in [5.41, 5.74) is 19.8. The number of hydrogen-bond acceptors (Lipinski definition) is 2. The van der Waals surface area contributed by atoms with Crippen LogP contribution in [0.4, 0.5) is 17.1 Å². The maximum Gasteiger partial charge on any atom is 0.0713 e. The zero-order valence-corrected chi connectivity index (χ0v) is 38.7. The van der Waals surface area contributed by atoms with E-state index in [1.54, 1.807) is 0 Å². The molecule has 0 atom stereocenters. The normalized spacial score (nSPS) is 12.5. The van der Waals surface area contributed by atoms with Gasteiger partial charge in [-0.1, -0.05) is 212 Å². The lowest BCUT2D eigenvalue weighted by Gasteiger charge is -2.38. The molecule has 0 bridgehead atoms. The number of anilines is 3. The zero-order valence-electron chi connectivity index (χ0n) is 37.8. The Morgan fingerprint density at radius 3 is 1.38 bits per heavy atom. The van der Waals surface area contributed by atoms with Crippen LogP contribution in [0.5, 0.6) is 0 Å². The third kappa shape index (κ3) is 6.91. The van der Waals surface area contributed by atoms with Crippen molar-refractivity contribution in [1.82, 2.24) is 0 Å². The van der Waals surface area contributed by atoms with E-state index in [2.05, 4.69) is 278 Å². The second kappa shape index (κ2) is 16.9. The lowest BCUT2D eigenvalue weighted by atomic mass is 9.63. The van der Waals surface area contributed by atoms with Crippen LogP contribution in [-0.4, -0.2) is 0 Å². The molecule has 1 aliphatic rings. The minimum absolute atomic E-state index is 0.611. The van der Waals surface area contributed by atoms with Crippen LogP contribution in [0.25, 0.3) is 75.8 Å². The van der Waals surface area contributed by atoms with Crippen LogP contribution in [0.15, 0.2) is 273 Å². The van der Waals surface area contributed by atoms with Crippen LogP contribution in [0.2, 0.25) is 0 Å². The molecule has 324 valence electrons. The first kappa shape index (κ1) is 40.7. The highest BCUT2D eigenvalue weighted by Gasteiger charge is 2.43. The van der Waals surface area contributed by atoms with Gasteiger partial charge in [-0.25, -0.2) is 0 Å². The Morgan fingerprint density at radius 1 is 0.261 bits per heavy atom. The summed E-state index contributed by atoms with van der Waals surface area (Å²) < 4.78 is 2.64. The van der Waals surface area contributed by atoms with Gasteiger partial charge in [-0.2, -0.15) is 0 Å². The Hall–Kier alpha value is -8.56. The number of benzene rings is 11. The Labute approximate surface area is 407 Å². The fourth-order valence-corrected chi connectivity index (χ4v) is 12.1. The summed E-state index contributed by atoms with van der Waals surface area (Å²) in [6, 6.07) is 101. The fourth-order valence-electron chi connectivity index (χ4n) is 11.0. The van der Waals surface area contributed by atoms with E-state index in [1.165, 1.54) is 92.5 Å². The Morgan fingerprint density at radius 2 is 0.710 bits per heavy atom. The van der Waals surface area contributed by atoms with E-state index < -0.39 is 5.41 Å². The molecule has 69 heavy (non-hydrogen) atoms. The highest BCUT2D eigenvalue weighted by Crippen LogP contribution is 2.55. The number of hydrogen-bond donors (Lipinski definition) is 0. The molecule has 13 rings (SSSR count). The molecule has 11 aromatic carbocycles. The van der Waals surface area contributed by atoms with Crippen LogP contribution in [0.3, 0.4) is 0 Å². The van der Waals surface area contributed by atoms with Gasteiger partial charge in [0.25, 0.3) is 0 Å². The Balaban J connectivity index is 0.956. The van der Waals surface area contributed by atoms with Gasteiger partial charge < -0.3 is 4.90 Å². The first-order valence-corrected chi connectivity index (χ1v) is 24.5. The Kier molecular flexibility index (Phi) is 10.00. The van der Waals surface area contributed by atoms with E-state index in [0.29, 0.717) is 0 Å². The number of fused-ring (bicyclic) bond motifs is 8. The van der Waals surface area contributed by atoms with E-state index in [9.17, 15) is 0 Å². The highest BCUT2D eigenvalue weighted by atomic mass is 32.1. The monoisotopic (exact) mass is 895 g/mol.